The minimum absolute atomic E-state index is 0.291. The number of likely N-dealkylation sites (N-methyl/N-ethyl adjacent to an activating group) is 1. The van der Waals surface area contributed by atoms with Crippen LogP contribution in [0.15, 0.2) is 36.4 Å². The van der Waals surface area contributed by atoms with Crippen LogP contribution in [0.5, 0.6) is 17.2 Å². The number of fused-ring (bicyclic) bond motifs is 1. The predicted molar refractivity (Wildman–Crippen MR) is 104 cm³/mol. The van der Waals surface area contributed by atoms with Crippen LogP contribution in [0, 0.1) is 11.3 Å². The topological polar surface area (TPSA) is 54.7 Å². The Morgan fingerprint density at radius 2 is 1.81 bits per heavy atom. The van der Waals surface area contributed by atoms with Crippen molar-refractivity contribution in [2.75, 3.05) is 34.4 Å². The zero-order chi connectivity index (χ0) is 19.2. The van der Waals surface area contributed by atoms with Gasteiger partial charge in [-0.15, -0.1) is 0 Å². The molecule has 27 heavy (non-hydrogen) atoms. The van der Waals surface area contributed by atoms with E-state index in [4.69, 9.17) is 19.5 Å². The molecule has 0 saturated heterocycles. The number of hydrogen-bond donors (Lipinski definition) is 0. The molecule has 0 saturated carbocycles. The Hall–Kier alpha value is -2.71. The molecule has 5 nitrogen and oxygen atoms in total. The lowest BCUT2D eigenvalue weighted by molar-refractivity contribution is 0.228. The normalized spacial score (nSPS) is 16.3. The van der Waals surface area contributed by atoms with Crippen molar-refractivity contribution >= 4 is 0 Å². The first-order valence-electron chi connectivity index (χ1n) is 9.20. The van der Waals surface area contributed by atoms with Gasteiger partial charge in [-0.25, -0.2) is 0 Å². The molecule has 3 rings (SSSR count). The van der Waals surface area contributed by atoms with Crippen molar-refractivity contribution in [3.05, 3.63) is 53.1 Å². The van der Waals surface area contributed by atoms with Crippen molar-refractivity contribution in [1.29, 1.82) is 5.26 Å². The van der Waals surface area contributed by atoms with Crippen LogP contribution in [0.1, 0.15) is 29.2 Å². The summed E-state index contributed by atoms with van der Waals surface area (Å²) in [5, 5.41) is 8.59. The fourth-order valence-electron chi connectivity index (χ4n) is 3.58. The number of benzene rings is 2. The third-order valence-electron chi connectivity index (χ3n) is 5.11. The molecule has 142 valence electrons. The van der Waals surface area contributed by atoms with Crippen LogP contribution in [-0.4, -0.2) is 39.3 Å². The van der Waals surface area contributed by atoms with Gasteiger partial charge in [0.05, 0.1) is 26.7 Å². The summed E-state index contributed by atoms with van der Waals surface area (Å²) in [5.41, 5.74) is 3.88. The molecule has 5 heteroatoms. The Bertz CT molecular complexity index is 812. The Labute approximate surface area is 161 Å². The number of hydrogen-bond acceptors (Lipinski definition) is 5. The number of nitriles is 1. The van der Waals surface area contributed by atoms with Gasteiger partial charge in [0.15, 0.2) is 11.5 Å². The molecule has 0 aromatic heterocycles. The van der Waals surface area contributed by atoms with E-state index >= 15 is 0 Å². The summed E-state index contributed by atoms with van der Waals surface area (Å²) in [6, 6.07) is 14.8. The molecule has 2 aromatic rings. The van der Waals surface area contributed by atoms with E-state index in [0.29, 0.717) is 19.1 Å². The fraction of sp³-hybridized carbons (Fsp3) is 0.409. The highest BCUT2D eigenvalue weighted by molar-refractivity contribution is 5.49. The summed E-state index contributed by atoms with van der Waals surface area (Å²) in [6.07, 6.45) is 2.32. The second-order valence-corrected chi connectivity index (χ2v) is 6.76. The fourth-order valence-corrected chi connectivity index (χ4v) is 3.58. The summed E-state index contributed by atoms with van der Waals surface area (Å²) >= 11 is 0. The Balaban J connectivity index is 1.80. The highest BCUT2D eigenvalue weighted by Crippen LogP contribution is 2.38. The van der Waals surface area contributed by atoms with Gasteiger partial charge in [0.2, 0.25) is 0 Å². The minimum atomic E-state index is 0.291. The molecule has 0 bridgehead atoms. The van der Waals surface area contributed by atoms with E-state index in [1.54, 1.807) is 14.2 Å². The van der Waals surface area contributed by atoms with E-state index < -0.39 is 0 Å². The van der Waals surface area contributed by atoms with E-state index in [0.717, 1.165) is 36.6 Å². The monoisotopic (exact) mass is 366 g/mol. The average molecular weight is 366 g/mol. The van der Waals surface area contributed by atoms with Gasteiger partial charge in [0, 0.05) is 12.6 Å². The van der Waals surface area contributed by atoms with Crippen LogP contribution in [0.25, 0.3) is 0 Å². The number of ether oxygens (including phenoxy) is 3. The lowest BCUT2D eigenvalue weighted by atomic mass is 9.88. The van der Waals surface area contributed by atoms with Crippen molar-refractivity contribution in [3.8, 4) is 23.3 Å². The molecular formula is C22H26N2O3. The van der Waals surface area contributed by atoms with Crippen LogP contribution in [-0.2, 0) is 12.8 Å². The maximum atomic E-state index is 8.59. The first kappa shape index (κ1) is 19.1. The van der Waals surface area contributed by atoms with Crippen LogP contribution in [0.4, 0.5) is 0 Å². The zero-order valence-corrected chi connectivity index (χ0v) is 16.2. The standard InChI is InChI=1S/C22H26N2O3/c1-24-11-9-17-14-21(25-2)22(26-3)15-19(17)20(24)13-16-5-7-18(8-6-16)27-12-4-10-23/h5-8,14-15,20H,4,9,11-13H2,1-3H3/t20-/m1/s1. The molecule has 1 heterocycles. The zero-order valence-electron chi connectivity index (χ0n) is 16.2. The smallest absolute Gasteiger partial charge is 0.161 e. The predicted octanol–water partition coefficient (Wildman–Crippen LogP) is 3.77. The van der Waals surface area contributed by atoms with Crippen LogP contribution < -0.4 is 14.2 Å². The van der Waals surface area contributed by atoms with E-state index in [2.05, 4.69) is 42.3 Å². The van der Waals surface area contributed by atoms with Gasteiger partial charge >= 0.3 is 0 Å². The molecular weight excluding hydrogens is 340 g/mol. The SMILES string of the molecule is COc1cc2c(cc1OC)[C@@H](Cc1ccc(OCCC#N)cc1)N(C)CC2. The molecule has 1 aliphatic rings. The molecule has 1 aliphatic heterocycles. The number of methoxy groups -OCH3 is 2. The average Bonchev–Trinajstić information content (AvgIpc) is 2.70. The second-order valence-electron chi connectivity index (χ2n) is 6.76. The van der Waals surface area contributed by atoms with E-state index in [1.807, 2.05) is 12.1 Å². The maximum absolute atomic E-state index is 8.59. The summed E-state index contributed by atoms with van der Waals surface area (Å²) < 4.78 is 16.5. The van der Waals surface area contributed by atoms with E-state index in [-0.39, 0.29) is 0 Å². The lowest BCUT2D eigenvalue weighted by Gasteiger charge is -2.35. The van der Waals surface area contributed by atoms with Gasteiger partial charge in [-0.2, -0.15) is 5.26 Å². The first-order chi connectivity index (χ1) is 13.2. The van der Waals surface area contributed by atoms with E-state index in [9.17, 15) is 0 Å². The number of nitrogens with zero attached hydrogens (tertiary/aromatic N) is 2. The van der Waals surface area contributed by atoms with Gasteiger partial charge in [-0.05, 0) is 60.8 Å². The second kappa shape index (κ2) is 8.79. The molecule has 0 amide bonds. The molecule has 0 unspecified atom stereocenters. The van der Waals surface area contributed by atoms with Crippen molar-refractivity contribution in [3.63, 3.8) is 0 Å². The molecule has 0 aliphatic carbocycles. The van der Waals surface area contributed by atoms with Crippen molar-refractivity contribution in [2.24, 2.45) is 0 Å². The highest BCUT2D eigenvalue weighted by atomic mass is 16.5. The summed E-state index contributed by atoms with van der Waals surface area (Å²) in [7, 11) is 5.53. The van der Waals surface area contributed by atoms with Gasteiger partial charge in [-0.1, -0.05) is 12.1 Å². The van der Waals surface area contributed by atoms with Crippen molar-refractivity contribution in [1.82, 2.24) is 4.90 Å². The van der Waals surface area contributed by atoms with Gasteiger partial charge in [-0.3, -0.25) is 4.90 Å². The maximum Gasteiger partial charge on any atom is 0.161 e. The molecule has 1 atom stereocenters. The summed E-state index contributed by atoms with van der Waals surface area (Å²) in [5.74, 6) is 2.37. The van der Waals surface area contributed by atoms with E-state index in [1.165, 1.54) is 16.7 Å². The number of rotatable bonds is 7. The highest BCUT2D eigenvalue weighted by Gasteiger charge is 2.27. The van der Waals surface area contributed by atoms with Crippen LogP contribution in [0.3, 0.4) is 0 Å². The minimum Gasteiger partial charge on any atom is -0.493 e. The summed E-state index contributed by atoms with van der Waals surface area (Å²) in [6.45, 7) is 1.44. The third-order valence-corrected chi connectivity index (χ3v) is 5.11. The van der Waals surface area contributed by atoms with Crippen LogP contribution >= 0.6 is 0 Å². The molecule has 0 fully saturated rings. The van der Waals surface area contributed by atoms with Crippen molar-refractivity contribution in [2.45, 2.75) is 25.3 Å². The first-order valence-corrected chi connectivity index (χ1v) is 9.20. The Kier molecular flexibility index (Phi) is 6.20. The van der Waals surface area contributed by atoms with Crippen LogP contribution in [0.2, 0.25) is 0 Å². The molecule has 0 spiro atoms. The molecule has 0 N–H and O–H groups in total. The van der Waals surface area contributed by atoms with Gasteiger partial charge < -0.3 is 14.2 Å². The lowest BCUT2D eigenvalue weighted by Crippen LogP contribution is -2.33. The third kappa shape index (κ3) is 4.35. The van der Waals surface area contributed by atoms with Crippen molar-refractivity contribution < 1.29 is 14.2 Å². The molecule has 0 radical (unpaired) electrons. The largest absolute Gasteiger partial charge is 0.493 e. The van der Waals surface area contributed by atoms with Gasteiger partial charge in [0.25, 0.3) is 0 Å². The molecule has 2 aromatic carbocycles. The summed E-state index contributed by atoms with van der Waals surface area (Å²) in [4.78, 5) is 2.39. The van der Waals surface area contributed by atoms with Gasteiger partial charge in [0.1, 0.15) is 12.4 Å². The Morgan fingerprint density at radius 3 is 2.48 bits per heavy atom. The Morgan fingerprint density at radius 1 is 1.11 bits per heavy atom. The quantitative estimate of drug-likeness (QED) is 0.698.